The topological polar surface area (TPSA) is 85.5 Å². The van der Waals surface area contributed by atoms with Crippen LogP contribution >= 0.6 is 11.3 Å². The molecule has 0 spiro atoms. The predicted octanol–water partition coefficient (Wildman–Crippen LogP) is 5.47. The summed E-state index contributed by atoms with van der Waals surface area (Å²) in [4.78, 5) is 29.0. The van der Waals surface area contributed by atoms with Gasteiger partial charge in [0.1, 0.15) is 22.9 Å². The molecule has 7 nitrogen and oxygen atoms in total. The normalized spacial score (nSPS) is 15.1. The lowest BCUT2D eigenvalue weighted by Crippen LogP contribution is -2.29. The highest BCUT2D eigenvalue weighted by Crippen LogP contribution is 2.43. The summed E-state index contributed by atoms with van der Waals surface area (Å²) in [5.41, 5.74) is 2.11. The average Bonchev–Trinajstić information content (AvgIpc) is 3.40. The quantitative estimate of drug-likeness (QED) is 0.322. The van der Waals surface area contributed by atoms with Gasteiger partial charge in [-0.3, -0.25) is 14.5 Å². The van der Waals surface area contributed by atoms with E-state index in [0.717, 1.165) is 22.6 Å². The molecule has 8 heteroatoms. The third-order valence-corrected chi connectivity index (χ3v) is 6.76. The van der Waals surface area contributed by atoms with Crippen molar-refractivity contribution < 1.29 is 13.9 Å². The van der Waals surface area contributed by atoms with E-state index in [2.05, 4.69) is 30.6 Å². The SMILES string of the molecule is C=CCOc1cccc(C2c3c(oc4ccc(C)cc4c3=O)C(=O)N2c2nnc(CC(C)C)s2)c1. The van der Waals surface area contributed by atoms with Crippen LogP contribution in [0.1, 0.15) is 52.1 Å². The van der Waals surface area contributed by atoms with Gasteiger partial charge in [0.25, 0.3) is 5.91 Å². The lowest BCUT2D eigenvalue weighted by Gasteiger charge is -2.22. The average molecular weight is 488 g/mol. The van der Waals surface area contributed by atoms with Crippen molar-refractivity contribution in [2.45, 2.75) is 33.2 Å². The Balaban J connectivity index is 1.71. The van der Waals surface area contributed by atoms with Crippen molar-refractivity contribution >= 4 is 33.3 Å². The van der Waals surface area contributed by atoms with Gasteiger partial charge in [0.15, 0.2) is 5.43 Å². The highest BCUT2D eigenvalue weighted by Gasteiger charge is 2.45. The van der Waals surface area contributed by atoms with E-state index in [-0.39, 0.29) is 11.2 Å². The van der Waals surface area contributed by atoms with Crippen LogP contribution in [0.2, 0.25) is 0 Å². The van der Waals surface area contributed by atoms with E-state index in [4.69, 9.17) is 9.15 Å². The van der Waals surface area contributed by atoms with Gasteiger partial charge in [-0.25, -0.2) is 0 Å². The molecule has 1 amide bonds. The van der Waals surface area contributed by atoms with Crippen LogP contribution in [0.5, 0.6) is 5.75 Å². The Hall–Kier alpha value is -3.78. The Morgan fingerprint density at radius 3 is 2.80 bits per heavy atom. The predicted molar refractivity (Wildman–Crippen MR) is 136 cm³/mol. The Bertz CT molecular complexity index is 1500. The first-order chi connectivity index (χ1) is 16.9. The molecule has 0 aliphatic carbocycles. The third kappa shape index (κ3) is 4.14. The summed E-state index contributed by atoms with van der Waals surface area (Å²) in [6.45, 7) is 10.2. The van der Waals surface area contributed by atoms with Crippen LogP contribution in [-0.2, 0) is 6.42 Å². The molecule has 2 aromatic carbocycles. The van der Waals surface area contributed by atoms with E-state index >= 15 is 0 Å². The monoisotopic (exact) mass is 487 g/mol. The lowest BCUT2D eigenvalue weighted by molar-refractivity contribution is 0.0970. The number of carbonyl (C=O) groups is 1. The molecule has 3 heterocycles. The van der Waals surface area contributed by atoms with Crippen LogP contribution in [0.3, 0.4) is 0 Å². The molecular weight excluding hydrogens is 462 g/mol. The van der Waals surface area contributed by atoms with Crippen molar-refractivity contribution in [2.75, 3.05) is 11.5 Å². The van der Waals surface area contributed by atoms with E-state index in [1.165, 1.54) is 16.2 Å². The fourth-order valence-electron chi connectivity index (χ4n) is 4.30. The number of fused-ring (bicyclic) bond motifs is 2. The van der Waals surface area contributed by atoms with Crippen molar-refractivity contribution in [1.29, 1.82) is 0 Å². The van der Waals surface area contributed by atoms with Crippen molar-refractivity contribution in [3.8, 4) is 5.75 Å². The first-order valence-electron chi connectivity index (χ1n) is 11.4. The molecule has 0 N–H and O–H groups in total. The number of amides is 1. The molecule has 0 bridgehead atoms. The van der Waals surface area contributed by atoms with Gasteiger partial charge in [-0.1, -0.05) is 61.6 Å². The Kier molecular flexibility index (Phi) is 5.98. The van der Waals surface area contributed by atoms with Crippen LogP contribution in [0.25, 0.3) is 11.0 Å². The van der Waals surface area contributed by atoms with Gasteiger partial charge in [-0.05, 0) is 42.7 Å². The molecule has 5 rings (SSSR count). The summed E-state index contributed by atoms with van der Waals surface area (Å²) in [6.07, 6.45) is 2.41. The lowest BCUT2D eigenvalue weighted by atomic mass is 9.98. The van der Waals surface area contributed by atoms with E-state index in [1.54, 1.807) is 18.2 Å². The van der Waals surface area contributed by atoms with Crippen LogP contribution < -0.4 is 15.1 Å². The minimum Gasteiger partial charge on any atom is -0.490 e. The first kappa shape index (κ1) is 23.0. The summed E-state index contributed by atoms with van der Waals surface area (Å²) >= 11 is 1.36. The van der Waals surface area contributed by atoms with Crippen LogP contribution in [0, 0.1) is 12.8 Å². The zero-order valence-electron chi connectivity index (χ0n) is 19.8. The second-order valence-electron chi connectivity index (χ2n) is 9.00. The molecule has 178 valence electrons. The maximum absolute atomic E-state index is 13.8. The van der Waals surface area contributed by atoms with Gasteiger partial charge in [0.2, 0.25) is 10.9 Å². The summed E-state index contributed by atoms with van der Waals surface area (Å²) in [5, 5.41) is 10.3. The van der Waals surface area contributed by atoms with Gasteiger partial charge in [-0.2, -0.15) is 0 Å². The number of hydrogen-bond acceptors (Lipinski definition) is 7. The standard InChI is InChI=1S/C27H25N3O4S/c1-5-11-33-18-8-6-7-17(14-18)23-22-24(31)19-13-16(4)9-10-20(19)34-25(22)26(32)30(23)27-29-28-21(35-27)12-15(2)3/h5-10,13-15,23H,1,11-12H2,2-4H3. The zero-order valence-corrected chi connectivity index (χ0v) is 20.6. The molecule has 0 fully saturated rings. The number of hydrogen-bond donors (Lipinski definition) is 0. The third-order valence-electron chi connectivity index (χ3n) is 5.81. The minimum absolute atomic E-state index is 0.0365. The van der Waals surface area contributed by atoms with E-state index < -0.39 is 11.9 Å². The number of benzene rings is 2. The Labute approximate surface area is 206 Å². The van der Waals surface area contributed by atoms with Gasteiger partial charge in [0, 0.05) is 6.42 Å². The van der Waals surface area contributed by atoms with Crippen molar-refractivity contribution in [3.63, 3.8) is 0 Å². The van der Waals surface area contributed by atoms with Gasteiger partial charge < -0.3 is 9.15 Å². The number of aromatic nitrogens is 2. The number of ether oxygens (including phenoxy) is 1. The maximum atomic E-state index is 13.8. The molecule has 35 heavy (non-hydrogen) atoms. The summed E-state index contributed by atoms with van der Waals surface area (Å²) < 4.78 is 11.8. The first-order valence-corrected chi connectivity index (χ1v) is 12.3. The molecule has 0 saturated heterocycles. The fraction of sp³-hybridized carbons (Fsp3) is 0.259. The number of rotatable bonds is 7. The van der Waals surface area contributed by atoms with Gasteiger partial charge in [-0.15, -0.1) is 10.2 Å². The molecule has 2 aromatic heterocycles. The van der Waals surface area contributed by atoms with Crippen molar-refractivity contribution in [1.82, 2.24) is 10.2 Å². The number of anilines is 1. The van der Waals surface area contributed by atoms with Crippen molar-refractivity contribution in [3.05, 3.63) is 92.8 Å². The maximum Gasteiger partial charge on any atom is 0.297 e. The number of aryl methyl sites for hydroxylation is 1. The number of nitrogens with zero attached hydrogens (tertiary/aromatic N) is 3. The minimum atomic E-state index is -0.717. The van der Waals surface area contributed by atoms with E-state index in [9.17, 15) is 9.59 Å². The van der Waals surface area contributed by atoms with Crippen molar-refractivity contribution in [2.24, 2.45) is 5.92 Å². The smallest absolute Gasteiger partial charge is 0.297 e. The van der Waals surface area contributed by atoms with Gasteiger partial charge >= 0.3 is 0 Å². The second kappa shape index (κ2) is 9.11. The Morgan fingerprint density at radius 1 is 1.20 bits per heavy atom. The molecule has 4 aromatic rings. The molecule has 1 unspecified atom stereocenters. The molecule has 1 aliphatic heterocycles. The van der Waals surface area contributed by atoms with Crippen LogP contribution in [0.4, 0.5) is 5.13 Å². The molecule has 0 saturated carbocycles. The summed E-state index contributed by atoms with van der Waals surface area (Å²) in [5.74, 6) is 0.638. The van der Waals surface area contributed by atoms with Crippen LogP contribution in [-0.4, -0.2) is 22.7 Å². The van der Waals surface area contributed by atoms with Crippen LogP contribution in [0.15, 0.2) is 64.3 Å². The van der Waals surface area contributed by atoms with E-state index in [1.807, 2.05) is 37.3 Å². The number of carbonyl (C=O) groups excluding carboxylic acids is 1. The van der Waals surface area contributed by atoms with Gasteiger partial charge in [0.05, 0.1) is 17.0 Å². The van der Waals surface area contributed by atoms with E-state index in [0.29, 0.717) is 39.9 Å². The molecular formula is C27H25N3O4S. The molecule has 1 atom stereocenters. The molecule has 1 aliphatic rings. The largest absolute Gasteiger partial charge is 0.490 e. The fourth-order valence-corrected chi connectivity index (χ4v) is 5.38. The highest BCUT2D eigenvalue weighted by molar-refractivity contribution is 7.15. The zero-order chi connectivity index (χ0) is 24.7. The summed E-state index contributed by atoms with van der Waals surface area (Å²) in [6, 6.07) is 12.0. The Morgan fingerprint density at radius 2 is 2.03 bits per heavy atom. The highest BCUT2D eigenvalue weighted by atomic mass is 32.1. The molecule has 0 radical (unpaired) electrons. The second-order valence-corrected chi connectivity index (χ2v) is 10.0. The summed E-state index contributed by atoms with van der Waals surface area (Å²) in [7, 11) is 0.